The van der Waals surface area contributed by atoms with Gasteiger partial charge in [0, 0.05) is 32.6 Å². The van der Waals surface area contributed by atoms with Crippen LogP contribution >= 0.6 is 0 Å². The number of carbonyl (C=O) groups is 3. The molecular weight excluding hydrogens is 509 g/mol. The topological polar surface area (TPSA) is 99.0 Å². The molecule has 3 aromatic carbocycles. The van der Waals surface area contributed by atoms with Crippen LogP contribution in [0, 0.1) is 5.82 Å². The Morgan fingerprint density at radius 1 is 1.00 bits per heavy atom. The number of fused-ring (bicyclic) bond motifs is 1. The van der Waals surface area contributed by atoms with Crippen molar-refractivity contribution in [3.63, 3.8) is 0 Å². The van der Waals surface area contributed by atoms with Crippen LogP contribution in [0.5, 0.6) is 0 Å². The highest BCUT2D eigenvalue weighted by atomic mass is 19.1. The number of nitrogens with zero attached hydrogens (tertiary/aromatic N) is 3. The molecule has 1 heterocycles. The minimum absolute atomic E-state index is 0.219. The van der Waals surface area contributed by atoms with E-state index in [0.29, 0.717) is 19.5 Å². The molecule has 4 rings (SSSR count). The van der Waals surface area contributed by atoms with Crippen molar-refractivity contribution in [3.8, 4) is 0 Å². The second-order valence-corrected chi connectivity index (χ2v) is 10.7. The maximum Gasteiger partial charge on any atom is 0.245 e. The lowest BCUT2D eigenvalue weighted by Crippen LogP contribution is -2.64. The van der Waals surface area contributed by atoms with Crippen LogP contribution in [0.15, 0.2) is 66.7 Å². The lowest BCUT2D eigenvalue weighted by Gasteiger charge is -2.43. The SMILES string of the molecule is CC1C(=O)N(C(Cc2ccc3ccccc3c2)C(=O)NCCN(C)C)CCN1C(=O)C(N)Cc1ccc(F)cc1. The largest absolute Gasteiger partial charge is 0.353 e. The highest BCUT2D eigenvalue weighted by molar-refractivity contribution is 5.94. The van der Waals surface area contributed by atoms with E-state index in [1.54, 1.807) is 24.0 Å². The zero-order valence-corrected chi connectivity index (χ0v) is 23.3. The number of carbonyl (C=O) groups excluding carboxylic acids is 3. The van der Waals surface area contributed by atoms with Crippen LogP contribution in [0.2, 0.25) is 0 Å². The summed E-state index contributed by atoms with van der Waals surface area (Å²) in [5.74, 6) is -1.21. The quantitative estimate of drug-likeness (QED) is 0.406. The third-order valence-corrected chi connectivity index (χ3v) is 7.44. The molecule has 3 amide bonds. The summed E-state index contributed by atoms with van der Waals surface area (Å²) in [6, 6.07) is 17.6. The molecule has 0 spiro atoms. The Balaban J connectivity index is 1.49. The second-order valence-electron chi connectivity index (χ2n) is 10.7. The van der Waals surface area contributed by atoms with Crippen molar-refractivity contribution >= 4 is 28.5 Å². The summed E-state index contributed by atoms with van der Waals surface area (Å²) in [5, 5.41) is 5.16. The molecule has 0 aliphatic carbocycles. The molecule has 8 nitrogen and oxygen atoms in total. The van der Waals surface area contributed by atoms with Gasteiger partial charge in [-0.3, -0.25) is 14.4 Å². The highest BCUT2D eigenvalue weighted by Crippen LogP contribution is 2.21. The van der Waals surface area contributed by atoms with Crippen molar-refractivity contribution in [3.05, 3.63) is 83.7 Å². The van der Waals surface area contributed by atoms with E-state index in [9.17, 15) is 18.8 Å². The standard InChI is InChI=1S/C31H38FN5O3/c1-21-30(39)37(17-16-36(21)31(40)27(33)19-22-9-12-26(32)13-10-22)28(29(38)34-14-15-35(2)3)20-23-8-11-24-6-4-5-7-25(24)18-23/h4-13,18,21,27-28H,14-17,19-20,33H2,1-3H3,(H,34,38). The molecule has 0 saturated carbocycles. The Hall–Kier alpha value is -3.82. The van der Waals surface area contributed by atoms with Gasteiger partial charge in [-0.25, -0.2) is 4.39 Å². The lowest BCUT2D eigenvalue weighted by atomic mass is 9.98. The molecule has 3 unspecified atom stereocenters. The number of rotatable bonds is 10. The summed E-state index contributed by atoms with van der Waals surface area (Å²) < 4.78 is 13.3. The van der Waals surface area contributed by atoms with Gasteiger partial charge in [0.05, 0.1) is 6.04 Å². The van der Waals surface area contributed by atoms with Gasteiger partial charge < -0.3 is 25.8 Å². The number of benzene rings is 3. The monoisotopic (exact) mass is 547 g/mol. The lowest BCUT2D eigenvalue weighted by molar-refractivity contribution is -0.155. The Morgan fingerprint density at radius 3 is 2.38 bits per heavy atom. The molecule has 1 aliphatic rings. The molecule has 1 saturated heterocycles. The first-order valence-electron chi connectivity index (χ1n) is 13.6. The fourth-order valence-corrected chi connectivity index (χ4v) is 5.13. The highest BCUT2D eigenvalue weighted by Gasteiger charge is 2.40. The van der Waals surface area contributed by atoms with Crippen LogP contribution in [-0.2, 0) is 27.2 Å². The number of nitrogens with one attached hydrogen (secondary N) is 1. The number of halogens is 1. The van der Waals surface area contributed by atoms with Gasteiger partial charge in [0.15, 0.2) is 0 Å². The fourth-order valence-electron chi connectivity index (χ4n) is 5.13. The van der Waals surface area contributed by atoms with Crippen LogP contribution in [0.4, 0.5) is 4.39 Å². The number of hydrogen-bond donors (Lipinski definition) is 2. The van der Waals surface area contributed by atoms with E-state index in [2.05, 4.69) is 11.4 Å². The van der Waals surface area contributed by atoms with Crippen LogP contribution in [0.1, 0.15) is 18.1 Å². The molecule has 0 radical (unpaired) electrons. The number of piperazine rings is 1. The van der Waals surface area contributed by atoms with Gasteiger partial charge in [-0.05, 0) is 61.5 Å². The Labute approximate surface area is 234 Å². The van der Waals surface area contributed by atoms with Gasteiger partial charge in [-0.1, -0.05) is 54.6 Å². The summed E-state index contributed by atoms with van der Waals surface area (Å²) in [6.07, 6.45) is 0.591. The maximum atomic E-state index is 13.7. The summed E-state index contributed by atoms with van der Waals surface area (Å²) in [7, 11) is 3.86. The predicted molar refractivity (Wildman–Crippen MR) is 154 cm³/mol. The first-order valence-corrected chi connectivity index (χ1v) is 13.6. The van der Waals surface area contributed by atoms with E-state index in [0.717, 1.165) is 21.9 Å². The average Bonchev–Trinajstić information content (AvgIpc) is 2.94. The zero-order chi connectivity index (χ0) is 28.8. The molecule has 40 heavy (non-hydrogen) atoms. The van der Waals surface area contributed by atoms with Crippen LogP contribution < -0.4 is 11.1 Å². The molecule has 0 aromatic heterocycles. The van der Waals surface area contributed by atoms with Crippen LogP contribution in [-0.4, -0.2) is 90.8 Å². The molecule has 3 aromatic rings. The molecule has 0 bridgehead atoms. The van der Waals surface area contributed by atoms with E-state index in [-0.39, 0.29) is 43.0 Å². The summed E-state index contributed by atoms with van der Waals surface area (Å²) in [5.41, 5.74) is 7.91. The number of hydrogen-bond acceptors (Lipinski definition) is 5. The second kappa shape index (κ2) is 13.0. The predicted octanol–water partition coefficient (Wildman–Crippen LogP) is 2.20. The third kappa shape index (κ3) is 7.03. The van der Waals surface area contributed by atoms with E-state index in [1.165, 1.54) is 17.0 Å². The van der Waals surface area contributed by atoms with E-state index < -0.39 is 18.1 Å². The minimum Gasteiger partial charge on any atom is -0.353 e. The number of likely N-dealkylation sites (N-methyl/N-ethyl adjacent to an activating group) is 1. The first kappa shape index (κ1) is 29.2. The van der Waals surface area contributed by atoms with Crippen molar-refractivity contribution in [1.82, 2.24) is 20.0 Å². The summed E-state index contributed by atoms with van der Waals surface area (Å²) in [4.78, 5) is 45.4. The van der Waals surface area contributed by atoms with Gasteiger partial charge in [-0.2, -0.15) is 0 Å². The van der Waals surface area contributed by atoms with Gasteiger partial charge in [0.1, 0.15) is 17.9 Å². The van der Waals surface area contributed by atoms with E-state index in [4.69, 9.17) is 5.73 Å². The van der Waals surface area contributed by atoms with Crippen molar-refractivity contribution < 1.29 is 18.8 Å². The first-order chi connectivity index (χ1) is 19.1. The Kier molecular flexibility index (Phi) is 9.50. The van der Waals surface area contributed by atoms with Crippen LogP contribution in [0.3, 0.4) is 0 Å². The molecule has 9 heteroatoms. The molecule has 1 aliphatic heterocycles. The number of nitrogens with two attached hydrogens (primary N) is 1. The number of amides is 3. The summed E-state index contributed by atoms with van der Waals surface area (Å²) >= 11 is 0. The van der Waals surface area contributed by atoms with Crippen LogP contribution in [0.25, 0.3) is 10.8 Å². The minimum atomic E-state index is -0.866. The molecule has 3 N–H and O–H groups in total. The van der Waals surface area contributed by atoms with E-state index in [1.807, 2.05) is 55.4 Å². The third-order valence-electron chi connectivity index (χ3n) is 7.44. The maximum absolute atomic E-state index is 13.7. The fraction of sp³-hybridized carbons (Fsp3) is 0.387. The van der Waals surface area contributed by atoms with Crippen molar-refractivity contribution in [2.24, 2.45) is 5.73 Å². The van der Waals surface area contributed by atoms with Crippen molar-refractivity contribution in [2.75, 3.05) is 40.3 Å². The Morgan fingerprint density at radius 2 is 1.68 bits per heavy atom. The molecule has 3 atom stereocenters. The van der Waals surface area contributed by atoms with Gasteiger partial charge >= 0.3 is 0 Å². The molecule has 212 valence electrons. The average molecular weight is 548 g/mol. The molecular formula is C31H38FN5O3. The Bertz CT molecular complexity index is 1350. The van der Waals surface area contributed by atoms with Gasteiger partial charge in [0.2, 0.25) is 17.7 Å². The van der Waals surface area contributed by atoms with E-state index >= 15 is 0 Å². The van der Waals surface area contributed by atoms with Crippen molar-refractivity contribution in [1.29, 1.82) is 0 Å². The summed E-state index contributed by atoms with van der Waals surface area (Å²) in [6.45, 7) is 3.29. The smallest absolute Gasteiger partial charge is 0.245 e. The van der Waals surface area contributed by atoms with Gasteiger partial charge in [-0.15, -0.1) is 0 Å². The van der Waals surface area contributed by atoms with Gasteiger partial charge in [0.25, 0.3) is 0 Å². The zero-order valence-electron chi connectivity index (χ0n) is 23.3. The molecule has 1 fully saturated rings. The van der Waals surface area contributed by atoms with Crippen molar-refractivity contribution in [2.45, 2.75) is 37.9 Å². The normalized spacial score (nSPS) is 17.2.